The quantitative estimate of drug-likeness (QED) is 0.686. The summed E-state index contributed by atoms with van der Waals surface area (Å²) in [4.78, 5) is 10.6. The maximum atomic E-state index is 10.6. The fourth-order valence-electron chi connectivity index (χ4n) is 1.63. The molecule has 18 heavy (non-hydrogen) atoms. The van der Waals surface area contributed by atoms with Gasteiger partial charge in [0.1, 0.15) is 6.33 Å². The highest BCUT2D eigenvalue weighted by molar-refractivity contribution is 5.75. The van der Waals surface area contributed by atoms with Gasteiger partial charge in [0.05, 0.1) is 17.1 Å². The summed E-state index contributed by atoms with van der Waals surface area (Å²) in [6.45, 7) is 0. The van der Waals surface area contributed by atoms with Crippen LogP contribution in [-0.4, -0.2) is 36.7 Å². The molecule has 0 saturated carbocycles. The van der Waals surface area contributed by atoms with Crippen molar-refractivity contribution in [2.75, 3.05) is 0 Å². The van der Waals surface area contributed by atoms with E-state index in [0.29, 0.717) is 11.4 Å². The Morgan fingerprint density at radius 3 is 2.94 bits per heavy atom. The van der Waals surface area contributed by atoms with Crippen LogP contribution < -0.4 is 0 Å². The maximum absolute atomic E-state index is 10.6. The Morgan fingerprint density at radius 2 is 2.22 bits per heavy atom. The predicted octanol–water partition coefficient (Wildman–Crippen LogP) is 0.865. The molecule has 3 aromatic rings. The number of tetrazole rings is 1. The lowest BCUT2D eigenvalue weighted by Gasteiger charge is -2.01. The lowest BCUT2D eigenvalue weighted by Crippen LogP contribution is -1.95. The van der Waals surface area contributed by atoms with Gasteiger partial charge >= 0.3 is 0 Å². The summed E-state index contributed by atoms with van der Waals surface area (Å²) in [6, 6.07) is 9.24. The molecule has 2 heterocycles. The number of nitrogens with one attached hydrogen (secondary N) is 1. The molecular weight excluding hydrogens is 232 g/mol. The number of aromatic amines is 1. The minimum atomic E-state index is 0.442. The van der Waals surface area contributed by atoms with E-state index in [4.69, 9.17) is 0 Å². The van der Waals surface area contributed by atoms with E-state index in [1.807, 2.05) is 24.3 Å². The summed E-state index contributed by atoms with van der Waals surface area (Å²) in [7, 11) is 0. The Morgan fingerprint density at radius 1 is 1.28 bits per heavy atom. The molecule has 0 aliphatic rings. The molecule has 0 radical (unpaired) electrons. The van der Waals surface area contributed by atoms with E-state index in [0.717, 1.165) is 17.5 Å². The van der Waals surface area contributed by atoms with Gasteiger partial charge in [-0.2, -0.15) is 5.10 Å². The Balaban J connectivity index is 2.03. The molecule has 0 amide bonds. The fourth-order valence-corrected chi connectivity index (χ4v) is 1.63. The van der Waals surface area contributed by atoms with E-state index in [1.54, 1.807) is 10.7 Å². The maximum Gasteiger partial charge on any atom is 0.167 e. The number of hydrogen-bond donors (Lipinski definition) is 1. The molecule has 1 aromatic carbocycles. The van der Waals surface area contributed by atoms with Crippen molar-refractivity contribution >= 4 is 6.29 Å². The number of H-pyrrole nitrogens is 1. The molecule has 2 aromatic heterocycles. The zero-order valence-corrected chi connectivity index (χ0v) is 9.19. The standard InChI is InChI=1S/C11H8N6O/c18-6-9-5-11(14-13-9)8-2-1-3-10(4-8)17-7-12-15-16-17/h1-7H,(H,13,14). The molecule has 0 spiro atoms. The van der Waals surface area contributed by atoms with Gasteiger partial charge < -0.3 is 0 Å². The Labute approximate surface area is 101 Å². The third-order valence-electron chi connectivity index (χ3n) is 2.48. The highest BCUT2D eigenvalue weighted by Crippen LogP contribution is 2.19. The molecule has 0 aliphatic heterocycles. The fraction of sp³-hybridized carbons (Fsp3) is 0. The van der Waals surface area contributed by atoms with Crippen LogP contribution in [0, 0.1) is 0 Å². The Bertz CT molecular complexity index is 672. The second kappa shape index (κ2) is 4.21. The molecule has 0 unspecified atom stereocenters. The Hall–Kier alpha value is -2.83. The van der Waals surface area contributed by atoms with Gasteiger partial charge in [-0.1, -0.05) is 12.1 Å². The van der Waals surface area contributed by atoms with Gasteiger partial charge in [-0.3, -0.25) is 9.89 Å². The van der Waals surface area contributed by atoms with Crippen LogP contribution in [0.15, 0.2) is 36.7 Å². The molecular formula is C11H8N6O. The summed E-state index contributed by atoms with van der Waals surface area (Å²) in [6.07, 6.45) is 2.24. The summed E-state index contributed by atoms with van der Waals surface area (Å²) < 4.78 is 1.55. The number of rotatable bonds is 3. The van der Waals surface area contributed by atoms with Crippen molar-refractivity contribution in [3.8, 4) is 16.9 Å². The second-order valence-corrected chi connectivity index (χ2v) is 3.63. The van der Waals surface area contributed by atoms with Crippen LogP contribution in [0.2, 0.25) is 0 Å². The lowest BCUT2D eigenvalue weighted by molar-refractivity contribution is 0.111. The Kier molecular flexibility index (Phi) is 2.41. The first kappa shape index (κ1) is 10.3. The largest absolute Gasteiger partial charge is 0.296 e. The highest BCUT2D eigenvalue weighted by Gasteiger charge is 2.05. The van der Waals surface area contributed by atoms with Crippen molar-refractivity contribution in [3.63, 3.8) is 0 Å². The van der Waals surface area contributed by atoms with Crippen molar-refractivity contribution in [3.05, 3.63) is 42.4 Å². The number of carbonyl (C=O) groups is 1. The minimum absolute atomic E-state index is 0.442. The van der Waals surface area contributed by atoms with Crippen molar-refractivity contribution in [2.24, 2.45) is 0 Å². The third kappa shape index (κ3) is 1.77. The zero-order valence-electron chi connectivity index (χ0n) is 9.19. The SMILES string of the molecule is O=Cc1cc(-c2cccc(-n3cnnn3)c2)n[nH]1. The summed E-state index contributed by atoms with van der Waals surface area (Å²) in [5.41, 5.74) is 2.85. The first-order valence-corrected chi connectivity index (χ1v) is 5.21. The van der Waals surface area contributed by atoms with Crippen LogP contribution >= 0.6 is 0 Å². The predicted molar refractivity (Wildman–Crippen MR) is 62.1 cm³/mol. The van der Waals surface area contributed by atoms with Gasteiger partial charge in [0.25, 0.3) is 0 Å². The first-order valence-electron chi connectivity index (χ1n) is 5.21. The molecule has 88 valence electrons. The summed E-state index contributed by atoms with van der Waals surface area (Å²) in [5.74, 6) is 0. The van der Waals surface area contributed by atoms with Gasteiger partial charge in [0, 0.05) is 5.56 Å². The smallest absolute Gasteiger partial charge is 0.167 e. The second-order valence-electron chi connectivity index (χ2n) is 3.63. The van der Waals surface area contributed by atoms with E-state index in [-0.39, 0.29) is 0 Å². The van der Waals surface area contributed by atoms with Crippen LogP contribution in [0.1, 0.15) is 10.5 Å². The van der Waals surface area contributed by atoms with E-state index in [9.17, 15) is 4.79 Å². The average molecular weight is 240 g/mol. The van der Waals surface area contributed by atoms with E-state index >= 15 is 0 Å². The molecule has 0 fully saturated rings. The number of nitrogens with zero attached hydrogens (tertiary/aromatic N) is 5. The zero-order chi connectivity index (χ0) is 12.4. The van der Waals surface area contributed by atoms with Crippen molar-refractivity contribution in [2.45, 2.75) is 0 Å². The highest BCUT2D eigenvalue weighted by atomic mass is 16.1. The average Bonchev–Trinajstić information content (AvgIpc) is 3.10. The summed E-state index contributed by atoms with van der Waals surface area (Å²) >= 11 is 0. The molecule has 0 bridgehead atoms. The molecule has 7 heteroatoms. The van der Waals surface area contributed by atoms with E-state index in [1.165, 1.54) is 6.33 Å². The molecule has 0 aliphatic carbocycles. The van der Waals surface area contributed by atoms with Crippen LogP contribution in [-0.2, 0) is 0 Å². The topological polar surface area (TPSA) is 89.3 Å². The van der Waals surface area contributed by atoms with Gasteiger partial charge in [0.2, 0.25) is 0 Å². The van der Waals surface area contributed by atoms with Crippen molar-refractivity contribution in [1.29, 1.82) is 0 Å². The van der Waals surface area contributed by atoms with Crippen molar-refractivity contribution < 1.29 is 4.79 Å². The number of hydrogen-bond acceptors (Lipinski definition) is 5. The molecule has 3 rings (SSSR count). The van der Waals surface area contributed by atoms with Gasteiger partial charge in [-0.25, -0.2) is 4.68 Å². The van der Waals surface area contributed by atoms with E-state index < -0.39 is 0 Å². The monoisotopic (exact) mass is 240 g/mol. The molecule has 1 N–H and O–H groups in total. The van der Waals surface area contributed by atoms with Crippen molar-refractivity contribution in [1.82, 2.24) is 30.4 Å². The van der Waals surface area contributed by atoms with Gasteiger partial charge in [-0.05, 0) is 28.6 Å². The van der Waals surface area contributed by atoms with Gasteiger partial charge in [0.15, 0.2) is 6.29 Å². The van der Waals surface area contributed by atoms with Crippen LogP contribution in [0.4, 0.5) is 0 Å². The lowest BCUT2D eigenvalue weighted by atomic mass is 10.1. The van der Waals surface area contributed by atoms with Gasteiger partial charge in [-0.15, -0.1) is 5.10 Å². The van der Waals surface area contributed by atoms with Crippen LogP contribution in [0.5, 0.6) is 0 Å². The molecule has 0 saturated heterocycles. The first-order chi connectivity index (χ1) is 8.86. The molecule has 7 nitrogen and oxygen atoms in total. The summed E-state index contributed by atoms with van der Waals surface area (Å²) in [5, 5.41) is 17.7. The van der Waals surface area contributed by atoms with Crippen LogP contribution in [0.3, 0.4) is 0 Å². The van der Waals surface area contributed by atoms with Crippen LogP contribution in [0.25, 0.3) is 16.9 Å². The van der Waals surface area contributed by atoms with E-state index in [2.05, 4.69) is 25.7 Å². The number of aromatic nitrogens is 6. The minimum Gasteiger partial charge on any atom is -0.296 e. The number of benzene rings is 1. The third-order valence-corrected chi connectivity index (χ3v) is 2.48. The number of aldehydes is 1. The number of carbonyl (C=O) groups excluding carboxylic acids is 1. The molecule has 0 atom stereocenters. The normalized spacial score (nSPS) is 10.4.